The number of rotatable bonds is 4. The Kier molecular flexibility index (Phi) is 5.06. The number of benzene rings is 2. The van der Waals surface area contributed by atoms with Gasteiger partial charge in [0.2, 0.25) is 0 Å². The summed E-state index contributed by atoms with van der Waals surface area (Å²) in [5.41, 5.74) is 0.362. The smallest absolute Gasteiger partial charge is 0.322 e. The van der Waals surface area contributed by atoms with Gasteiger partial charge < -0.3 is 20.5 Å². The minimum atomic E-state index is -0.611. The summed E-state index contributed by atoms with van der Waals surface area (Å²) in [5.74, 6) is 0.0611. The highest BCUT2D eigenvalue weighted by molar-refractivity contribution is 6.31. The van der Waals surface area contributed by atoms with E-state index in [-0.39, 0.29) is 10.8 Å². The molecule has 2 aromatic rings. The molecular formula is C15H14ClFN2O3. The van der Waals surface area contributed by atoms with Crippen LogP contribution in [0.5, 0.6) is 11.5 Å². The number of phenolic OH excluding ortho intramolecular Hbond substituents is 1. The van der Waals surface area contributed by atoms with Gasteiger partial charge >= 0.3 is 6.03 Å². The Morgan fingerprint density at radius 3 is 2.59 bits per heavy atom. The van der Waals surface area contributed by atoms with E-state index in [9.17, 15) is 9.18 Å². The van der Waals surface area contributed by atoms with E-state index in [0.29, 0.717) is 11.4 Å². The number of halogens is 2. The van der Waals surface area contributed by atoms with Crippen LogP contribution in [0.1, 0.15) is 6.92 Å². The zero-order valence-electron chi connectivity index (χ0n) is 11.6. The van der Waals surface area contributed by atoms with Crippen molar-refractivity contribution in [3.63, 3.8) is 0 Å². The summed E-state index contributed by atoms with van der Waals surface area (Å²) < 4.78 is 18.5. The minimum absolute atomic E-state index is 0.0776. The van der Waals surface area contributed by atoms with Crippen molar-refractivity contribution in [3.05, 3.63) is 53.3 Å². The van der Waals surface area contributed by atoms with Crippen LogP contribution in [0.2, 0.25) is 5.02 Å². The van der Waals surface area contributed by atoms with Gasteiger partial charge in [0.1, 0.15) is 17.3 Å². The zero-order valence-corrected chi connectivity index (χ0v) is 12.4. The lowest BCUT2D eigenvalue weighted by Gasteiger charge is -2.17. The number of anilines is 1. The summed E-state index contributed by atoms with van der Waals surface area (Å²) in [6, 6.07) is 9.44. The maximum atomic E-state index is 13.0. The molecular weight excluding hydrogens is 311 g/mol. The summed E-state index contributed by atoms with van der Waals surface area (Å²) in [6.07, 6.45) is -0.611. The van der Waals surface area contributed by atoms with Crippen molar-refractivity contribution in [1.82, 2.24) is 5.32 Å². The van der Waals surface area contributed by atoms with Crippen LogP contribution in [0, 0.1) is 5.82 Å². The molecule has 0 fully saturated rings. The number of hydrogen-bond donors (Lipinski definition) is 3. The number of nitrogens with one attached hydrogen (secondary N) is 2. The number of hydrogen-bond acceptors (Lipinski definition) is 3. The predicted octanol–water partition coefficient (Wildman–Crippen LogP) is 3.73. The Labute approximate surface area is 131 Å². The number of phenols is 1. The topological polar surface area (TPSA) is 70.6 Å². The molecule has 0 aliphatic heterocycles. The van der Waals surface area contributed by atoms with Gasteiger partial charge in [-0.3, -0.25) is 0 Å². The van der Waals surface area contributed by atoms with E-state index in [0.717, 1.165) is 6.07 Å². The molecule has 0 heterocycles. The highest BCUT2D eigenvalue weighted by atomic mass is 35.5. The number of aromatic hydroxyl groups is 1. The Bertz CT molecular complexity index is 664. The molecule has 1 unspecified atom stereocenters. The van der Waals surface area contributed by atoms with Crippen LogP contribution in [-0.2, 0) is 0 Å². The fourth-order valence-corrected chi connectivity index (χ4v) is 1.86. The van der Waals surface area contributed by atoms with Gasteiger partial charge in [0, 0.05) is 5.69 Å². The van der Waals surface area contributed by atoms with E-state index >= 15 is 0 Å². The fraction of sp³-hybridized carbons (Fsp3) is 0.133. The number of urea groups is 1. The van der Waals surface area contributed by atoms with Crippen molar-refractivity contribution in [3.8, 4) is 11.5 Å². The molecule has 0 radical (unpaired) electrons. The standard InChI is InChI=1S/C15H14ClFN2O3/c1-9(22-12-5-3-11(20)4-6-12)18-15(21)19-10-2-7-14(17)13(16)8-10/h2-9,20H,1H3,(H2,18,19,21). The first-order valence-corrected chi connectivity index (χ1v) is 6.80. The van der Waals surface area contributed by atoms with Gasteiger partial charge in [0.05, 0.1) is 5.02 Å². The summed E-state index contributed by atoms with van der Waals surface area (Å²) in [6.45, 7) is 1.64. The van der Waals surface area contributed by atoms with Gasteiger partial charge in [-0.25, -0.2) is 9.18 Å². The lowest BCUT2D eigenvalue weighted by molar-refractivity contribution is 0.183. The third-order valence-corrected chi connectivity index (χ3v) is 2.95. The quantitative estimate of drug-likeness (QED) is 0.750. The molecule has 0 aliphatic rings. The number of carbonyl (C=O) groups excluding carboxylic acids is 1. The minimum Gasteiger partial charge on any atom is -0.508 e. The van der Waals surface area contributed by atoms with Crippen LogP contribution >= 0.6 is 11.6 Å². The van der Waals surface area contributed by atoms with Crippen molar-refractivity contribution < 1.29 is 19.0 Å². The second kappa shape index (κ2) is 7.00. The van der Waals surface area contributed by atoms with E-state index in [4.69, 9.17) is 21.4 Å². The van der Waals surface area contributed by atoms with E-state index in [2.05, 4.69) is 10.6 Å². The summed E-state index contributed by atoms with van der Waals surface area (Å²) in [4.78, 5) is 11.8. The van der Waals surface area contributed by atoms with Gasteiger partial charge in [-0.05, 0) is 49.4 Å². The van der Waals surface area contributed by atoms with E-state index < -0.39 is 18.1 Å². The Morgan fingerprint density at radius 2 is 1.95 bits per heavy atom. The predicted molar refractivity (Wildman–Crippen MR) is 81.8 cm³/mol. The Balaban J connectivity index is 1.88. The van der Waals surface area contributed by atoms with E-state index in [1.165, 1.54) is 24.3 Å². The Morgan fingerprint density at radius 1 is 1.27 bits per heavy atom. The molecule has 116 valence electrons. The second-order valence-corrected chi connectivity index (χ2v) is 4.89. The average molecular weight is 325 g/mol. The van der Waals surface area contributed by atoms with Crippen LogP contribution in [0.25, 0.3) is 0 Å². The molecule has 0 aliphatic carbocycles. The van der Waals surface area contributed by atoms with Gasteiger partial charge in [-0.2, -0.15) is 0 Å². The van der Waals surface area contributed by atoms with Crippen molar-refractivity contribution in [2.75, 3.05) is 5.32 Å². The third-order valence-electron chi connectivity index (χ3n) is 2.66. The SMILES string of the molecule is CC(NC(=O)Nc1ccc(F)c(Cl)c1)Oc1ccc(O)cc1. The summed E-state index contributed by atoms with van der Waals surface area (Å²) in [7, 11) is 0. The highest BCUT2D eigenvalue weighted by Gasteiger charge is 2.10. The number of carbonyl (C=O) groups is 1. The monoisotopic (exact) mass is 324 g/mol. The molecule has 2 aromatic carbocycles. The highest BCUT2D eigenvalue weighted by Crippen LogP contribution is 2.19. The van der Waals surface area contributed by atoms with Crippen LogP contribution in [0.3, 0.4) is 0 Å². The normalized spacial score (nSPS) is 11.6. The second-order valence-electron chi connectivity index (χ2n) is 4.48. The van der Waals surface area contributed by atoms with Crippen LogP contribution in [0.15, 0.2) is 42.5 Å². The van der Waals surface area contributed by atoms with Crippen molar-refractivity contribution in [2.24, 2.45) is 0 Å². The molecule has 3 N–H and O–H groups in total. The molecule has 0 spiro atoms. The maximum absolute atomic E-state index is 13.0. The first-order valence-electron chi connectivity index (χ1n) is 6.42. The molecule has 0 saturated carbocycles. The lowest BCUT2D eigenvalue weighted by Crippen LogP contribution is -2.39. The maximum Gasteiger partial charge on any atom is 0.322 e. The first kappa shape index (κ1) is 15.9. The fourth-order valence-electron chi connectivity index (χ4n) is 1.68. The number of ether oxygens (including phenoxy) is 1. The van der Waals surface area contributed by atoms with Crippen molar-refractivity contribution in [2.45, 2.75) is 13.2 Å². The van der Waals surface area contributed by atoms with E-state index in [1.807, 2.05) is 0 Å². The van der Waals surface area contributed by atoms with Gasteiger partial charge in [-0.1, -0.05) is 11.6 Å². The lowest BCUT2D eigenvalue weighted by atomic mass is 10.3. The van der Waals surface area contributed by atoms with E-state index in [1.54, 1.807) is 19.1 Å². The molecule has 2 amide bonds. The van der Waals surface area contributed by atoms with Crippen molar-refractivity contribution in [1.29, 1.82) is 0 Å². The molecule has 0 saturated heterocycles. The summed E-state index contributed by atoms with van der Waals surface area (Å²) in [5, 5.41) is 14.2. The number of amides is 2. The summed E-state index contributed by atoms with van der Waals surface area (Å²) >= 11 is 5.63. The molecule has 2 rings (SSSR count). The zero-order chi connectivity index (χ0) is 16.1. The molecule has 1 atom stereocenters. The van der Waals surface area contributed by atoms with Gasteiger partial charge in [-0.15, -0.1) is 0 Å². The largest absolute Gasteiger partial charge is 0.508 e. The molecule has 0 aromatic heterocycles. The molecule has 7 heteroatoms. The van der Waals surface area contributed by atoms with Crippen LogP contribution < -0.4 is 15.4 Å². The average Bonchev–Trinajstić information content (AvgIpc) is 2.45. The first-order chi connectivity index (χ1) is 10.4. The van der Waals surface area contributed by atoms with Crippen LogP contribution in [0.4, 0.5) is 14.9 Å². The third kappa shape index (κ3) is 4.53. The molecule has 5 nitrogen and oxygen atoms in total. The van der Waals surface area contributed by atoms with Crippen molar-refractivity contribution >= 4 is 23.3 Å². The van der Waals surface area contributed by atoms with Gasteiger partial charge in [0.15, 0.2) is 6.23 Å². The molecule has 0 bridgehead atoms. The van der Waals surface area contributed by atoms with Crippen LogP contribution in [-0.4, -0.2) is 17.4 Å². The molecule has 22 heavy (non-hydrogen) atoms. The van der Waals surface area contributed by atoms with Gasteiger partial charge in [0.25, 0.3) is 0 Å². The Hall–Kier alpha value is -2.47.